The average molecular weight is 426 g/mol. The molecule has 0 saturated carbocycles. The molecule has 0 bridgehead atoms. The summed E-state index contributed by atoms with van der Waals surface area (Å²) in [7, 11) is 0. The molecule has 0 unspecified atom stereocenters. The molecule has 2 nitrogen and oxygen atoms in total. The fourth-order valence-electron chi connectivity index (χ4n) is 4.71. The predicted octanol–water partition coefficient (Wildman–Crippen LogP) is 8.06. The number of aromatic nitrogens is 2. The zero-order chi connectivity index (χ0) is 22.0. The first kappa shape index (κ1) is 25.7. The lowest BCUT2D eigenvalue weighted by Gasteiger charge is -2.05. The van der Waals surface area contributed by atoms with Crippen LogP contribution in [-0.2, 0) is 25.9 Å². The molecule has 1 heterocycles. The predicted molar refractivity (Wildman–Crippen MR) is 134 cm³/mol. The molecule has 0 fully saturated rings. The summed E-state index contributed by atoms with van der Waals surface area (Å²) in [6.45, 7) is 6.91. The van der Waals surface area contributed by atoms with E-state index < -0.39 is 0 Å². The number of aryl methyl sites for hydroxylation is 3. The Morgan fingerprint density at radius 3 is 1.84 bits per heavy atom. The summed E-state index contributed by atoms with van der Waals surface area (Å²) in [5, 5.41) is 0. The molecule has 174 valence electrons. The van der Waals surface area contributed by atoms with Gasteiger partial charge >= 0.3 is 0 Å². The van der Waals surface area contributed by atoms with E-state index in [0.29, 0.717) is 0 Å². The van der Waals surface area contributed by atoms with E-state index in [1.807, 2.05) is 0 Å². The second-order valence-corrected chi connectivity index (χ2v) is 9.29. The van der Waals surface area contributed by atoms with Crippen LogP contribution in [0.1, 0.15) is 115 Å². The Morgan fingerprint density at radius 1 is 0.677 bits per heavy atom. The highest BCUT2D eigenvalue weighted by Crippen LogP contribution is 2.13. The summed E-state index contributed by atoms with van der Waals surface area (Å²) in [4.78, 5) is 0. The van der Waals surface area contributed by atoms with Gasteiger partial charge < -0.3 is 0 Å². The Balaban J connectivity index is 1.51. The number of nitrogens with zero attached hydrogens (tertiary/aromatic N) is 2. The highest BCUT2D eigenvalue weighted by molar-refractivity contribution is 5.14. The maximum Gasteiger partial charge on any atom is 0.256 e. The van der Waals surface area contributed by atoms with Crippen LogP contribution in [0.15, 0.2) is 42.7 Å². The smallest absolute Gasteiger partial charge is 0.234 e. The summed E-state index contributed by atoms with van der Waals surface area (Å²) in [5.74, 6) is 1.49. The average Bonchev–Trinajstić information content (AvgIpc) is 3.19. The minimum absolute atomic E-state index is 1.12. The molecule has 0 aliphatic carbocycles. The lowest BCUT2D eigenvalue weighted by molar-refractivity contribution is -0.704. The molecular weight excluding hydrogens is 376 g/mol. The minimum atomic E-state index is 1.12. The van der Waals surface area contributed by atoms with Crippen molar-refractivity contribution in [2.45, 2.75) is 130 Å². The zero-order valence-corrected chi connectivity index (χ0v) is 20.7. The summed E-state index contributed by atoms with van der Waals surface area (Å²) in [6.07, 6.45) is 26.6. The molecule has 0 spiro atoms. The van der Waals surface area contributed by atoms with Gasteiger partial charge in [-0.25, -0.2) is 9.13 Å². The number of rotatable bonds is 19. The molecule has 31 heavy (non-hydrogen) atoms. The maximum atomic E-state index is 2.50. The van der Waals surface area contributed by atoms with Gasteiger partial charge in [0, 0.05) is 6.42 Å². The van der Waals surface area contributed by atoms with Crippen molar-refractivity contribution >= 4 is 0 Å². The van der Waals surface area contributed by atoms with Crippen LogP contribution in [0.2, 0.25) is 0 Å². The fourth-order valence-corrected chi connectivity index (χ4v) is 4.71. The molecule has 0 aliphatic heterocycles. The van der Waals surface area contributed by atoms with Gasteiger partial charge in [0.25, 0.3) is 5.82 Å². The SMILES string of the molecule is CCCCCCCCCCCCCCCn1cc[n+](CCCc2ccccc2)c1CC. The van der Waals surface area contributed by atoms with Crippen LogP contribution in [0, 0.1) is 0 Å². The number of unbranched alkanes of at least 4 members (excludes halogenated alkanes) is 12. The van der Waals surface area contributed by atoms with Crippen molar-refractivity contribution in [3.63, 3.8) is 0 Å². The van der Waals surface area contributed by atoms with Crippen molar-refractivity contribution in [2.75, 3.05) is 0 Å². The Kier molecular flexibility index (Phi) is 14.1. The third-order valence-corrected chi connectivity index (χ3v) is 6.62. The molecular formula is C29H49N2+. The lowest BCUT2D eigenvalue weighted by Crippen LogP contribution is -2.37. The summed E-state index contributed by atoms with van der Waals surface area (Å²) < 4.78 is 4.98. The van der Waals surface area contributed by atoms with E-state index in [4.69, 9.17) is 0 Å². The van der Waals surface area contributed by atoms with Crippen molar-refractivity contribution in [1.29, 1.82) is 0 Å². The minimum Gasteiger partial charge on any atom is -0.234 e. The largest absolute Gasteiger partial charge is 0.256 e. The van der Waals surface area contributed by atoms with Crippen LogP contribution in [0.25, 0.3) is 0 Å². The summed E-state index contributed by atoms with van der Waals surface area (Å²) >= 11 is 0. The standard InChI is InChI=1S/C29H49N2/c1-3-5-6-7-8-9-10-11-12-13-14-15-19-24-30-26-27-31(29(30)4-2)25-20-23-28-21-17-16-18-22-28/h16-18,21-22,26-27H,3-15,19-20,23-25H2,1-2H3/q+1. The van der Waals surface area contributed by atoms with Crippen molar-refractivity contribution in [2.24, 2.45) is 0 Å². The first-order valence-corrected chi connectivity index (χ1v) is 13.5. The van der Waals surface area contributed by atoms with Gasteiger partial charge in [0.2, 0.25) is 0 Å². The third-order valence-electron chi connectivity index (χ3n) is 6.62. The van der Waals surface area contributed by atoms with E-state index in [2.05, 4.69) is 65.7 Å². The Hall–Kier alpha value is -1.57. The van der Waals surface area contributed by atoms with Crippen molar-refractivity contribution < 1.29 is 4.57 Å². The van der Waals surface area contributed by atoms with Crippen LogP contribution < -0.4 is 4.57 Å². The molecule has 1 aromatic heterocycles. The molecule has 2 rings (SSSR count). The van der Waals surface area contributed by atoms with Gasteiger partial charge in [-0.05, 0) is 31.2 Å². The van der Waals surface area contributed by atoms with Gasteiger partial charge in [-0.3, -0.25) is 0 Å². The van der Waals surface area contributed by atoms with E-state index in [9.17, 15) is 0 Å². The van der Waals surface area contributed by atoms with Gasteiger partial charge in [0.1, 0.15) is 12.4 Å². The Bertz CT molecular complexity index is 659. The highest BCUT2D eigenvalue weighted by atomic mass is 15.1. The Morgan fingerprint density at radius 2 is 1.26 bits per heavy atom. The lowest BCUT2D eigenvalue weighted by atomic mass is 10.0. The molecule has 0 saturated heterocycles. The molecule has 1 aromatic carbocycles. The Labute approximate surface area is 193 Å². The first-order chi connectivity index (χ1) is 15.3. The van der Waals surface area contributed by atoms with Gasteiger partial charge in [0.05, 0.1) is 13.1 Å². The second kappa shape index (κ2) is 17.0. The van der Waals surface area contributed by atoms with Crippen LogP contribution in [-0.4, -0.2) is 4.57 Å². The van der Waals surface area contributed by atoms with Crippen LogP contribution >= 0.6 is 0 Å². The van der Waals surface area contributed by atoms with Crippen molar-refractivity contribution in [1.82, 2.24) is 4.57 Å². The van der Waals surface area contributed by atoms with E-state index in [1.54, 1.807) is 0 Å². The molecule has 0 atom stereocenters. The quantitative estimate of drug-likeness (QED) is 0.159. The third kappa shape index (κ3) is 11.0. The number of hydrogen-bond acceptors (Lipinski definition) is 0. The molecule has 0 amide bonds. The normalized spacial score (nSPS) is 11.3. The molecule has 0 N–H and O–H groups in total. The highest BCUT2D eigenvalue weighted by Gasteiger charge is 2.14. The number of benzene rings is 1. The van der Waals surface area contributed by atoms with E-state index in [-0.39, 0.29) is 0 Å². The summed E-state index contributed by atoms with van der Waals surface area (Å²) in [5.41, 5.74) is 1.45. The molecule has 2 aromatic rings. The zero-order valence-electron chi connectivity index (χ0n) is 20.7. The molecule has 0 radical (unpaired) electrons. The maximum absolute atomic E-state index is 2.50. The topological polar surface area (TPSA) is 8.81 Å². The van der Waals surface area contributed by atoms with E-state index in [0.717, 1.165) is 13.0 Å². The fraction of sp³-hybridized carbons (Fsp3) is 0.690. The molecule has 0 aliphatic rings. The van der Waals surface area contributed by atoms with Gasteiger partial charge in [0.15, 0.2) is 0 Å². The first-order valence-electron chi connectivity index (χ1n) is 13.5. The van der Waals surface area contributed by atoms with Crippen LogP contribution in [0.3, 0.4) is 0 Å². The number of imidazole rings is 1. The summed E-state index contributed by atoms with van der Waals surface area (Å²) in [6, 6.07) is 10.9. The van der Waals surface area contributed by atoms with Crippen molar-refractivity contribution in [3.8, 4) is 0 Å². The van der Waals surface area contributed by atoms with E-state index in [1.165, 1.54) is 114 Å². The van der Waals surface area contributed by atoms with E-state index >= 15 is 0 Å². The monoisotopic (exact) mass is 425 g/mol. The molecule has 2 heteroatoms. The van der Waals surface area contributed by atoms with Crippen LogP contribution in [0.4, 0.5) is 0 Å². The van der Waals surface area contributed by atoms with Gasteiger partial charge in [-0.15, -0.1) is 0 Å². The van der Waals surface area contributed by atoms with Gasteiger partial charge in [-0.1, -0.05) is 115 Å². The number of hydrogen-bond donors (Lipinski definition) is 0. The second-order valence-electron chi connectivity index (χ2n) is 9.29. The van der Waals surface area contributed by atoms with Crippen LogP contribution in [0.5, 0.6) is 0 Å². The van der Waals surface area contributed by atoms with Crippen molar-refractivity contribution in [3.05, 3.63) is 54.1 Å². The van der Waals surface area contributed by atoms with Gasteiger partial charge in [-0.2, -0.15) is 0 Å².